The Kier molecular flexibility index (Phi) is 3.54. The third kappa shape index (κ3) is 2.23. The Bertz CT molecular complexity index is 1300. The van der Waals surface area contributed by atoms with E-state index in [0.29, 0.717) is 0 Å². The molecule has 5 rings (SSSR count). The number of hydrogen-bond donors (Lipinski definition) is 0. The van der Waals surface area contributed by atoms with Crippen molar-refractivity contribution in [1.29, 1.82) is 0 Å². The normalized spacial score (nSPS) is 12.9. The van der Waals surface area contributed by atoms with Gasteiger partial charge in [0.2, 0.25) is 5.52 Å². The Morgan fingerprint density at radius 1 is 0.929 bits per heavy atom. The topological polar surface area (TPSA) is 13.1 Å². The van der Waals surface area contributed by atoms with Gasteiger partial charge in [0.1, 0.15) is 12.8 Å². The SMILES string of the molecule is Cc1cc2cccc3c2c(c1C)-c1c(c([Si](C)(C)C)c2ccccc2[n+]1C)O3. The van der Waals surface area contributed by atoms with E-state index in [1.165, 1.54) is 49.2 Å². The fourth-order valence-electron chi connectivity index (χ4n) is 4.77. The lowest BCUT2D eigenvalue weighted by atomic mass is 9.90. The van der Waals surface area contributed by atoms with Crippen LogP contribution in [0, 0.1) is 13.8 Å². The van der Waals surface area contributed by atoms with Gasteiger partial charge in [-0.05, 0) is 42.5 Å². The molecule has 3 heteroatoms. The summed E-state index contributed by atoms with van der Waals surface area (Å²) in [6.45, 7) is 11.7. The Labute approximate surface area is 167 Å². The molecule has 4 aromatic rings. The highest BCUT2D eigenvalue weighted by Gasteiger charge is 2.38. The van der Waals surface area contributed by atoms with Crippen LogP contribution in [0.3, 0.4) is 0 Å². The van der Waals surface area contributed by atoms with Gasteiger partial charge in [-0.1, -0.05) is 50.0 Å². The molecule has 0 fully saturated rings. The third-order valence-corrected chi connectivity index (χ3v) is 8.15. The molecule has 0 aliphatic carbocycles. The molecule has 0 amide bonds. The Morgan fingerprint density at radius 3 is 2.43 bits per heavy atom. The van der Waals surface area contributed by atoms with Crippen LogP contribution in [-0.2, 0) is 7.05 Å². The van der Waals surface area contributed by atoms with Crippen LogP contribution in [0.1, 0.15) is 11.1 Å². The van der Waals surface area contributed by atoms with E-state index in [-0.39, 0.29) is 0 Å². The number of nitrogens with zero attached hydrogens (tertiary/aromatic N) is 1. The first-order valence-electron chi connectivity index (χ1n) is 9.95. The van der Waals surface area contributed by atoms with Gasteiger partial charge in [-0.2, -0.15) is 4.57 Å². The van der Waals surface area contributed by atoms with Crippen molar-refractivity contribution in [3.63, 3.8) is 0 Å². The molecular weight excluding hydrogens is 358 g/mol. The molecule has 0 spiro atoms. The zero-order valence-electron chi connectivity index (χ0n) is 17.5. The fourth-order valence-corrected chi connectivity index (χ4v) is 6.64. The molecule has 1 aliphatic heterocycles. The van der Waals surface area contributed by atoms with Crippen LogP contribution >= 0.6 is 0 Å². The summed E-state index contributed by atoms with van der Waals surface area (Å²) in [5.41, 5.74) is 6.50. The van der Waals surface area contributed by atoms with E-state index >= 15 is 0 Å². The van der Waals surface area contributed by atoms with E-state index in [4.69, 9.17) is 4.74 Å². The van der Waals surface area contributed by atoms with Gasteiger partial charge in [-0.15, -0.1) is 0 Å². The van der Waals surface area contributed by atoms with Gasteiger partial charge in [0.05, 0.1) is 13.6 Å². The molecule has 1 aliphatic rings. The molecule has 0 bridgehead atoms. The second kappa shape index (κ2) is 5.68. The maximum absolute atomic E-state index is 6.70. The van der Waals surface area contributed by atoms with E-state index in [1.807, 2.05) is 0 Å². The minimum atomic E-state index is -1.67. The average molecular weight is 385 g/mol. The molecule has 2 nitrogen and oxygen atoms in total. The zero-order chi connectivity index (χ0) is 19.8. The largest absolute Gasteiger partial charge is 0.450 e. The molecule has 140 valence electrons. The average Bonchev–Trinajstić information content (AvgIpc) is 2.64. The number of aryl methyl sites for hydroxylation is 2. The zero-order valence-corrected chi connectivity index (χ0v) is 18.5. The Balaban J connectivity index is 2.08. The van der Waals surface area contributed by atoms with Gasteiger partial charge in [-0.25, -0.2) is 0 Å². The first kappa shape index (κ1) is 17.4. The Hall–Kier alpha value is -2.65. The number of rotatable bonds is 1. The summed E-state index contributed by atoms with van der Waals surface area (Å²) < 4.78 is 9.04. The smallest absolute Gasteiger partial charge is 0.256 e. The predicted molar refractivity (Wildman–Crippen MR) is 121 cm³/mol. The predicted octanol–water partition coefficient (Wildman–Crippen LogP) is 5.75. The van der Waals surface area contributed by atoms with Gasteiger partial charge in [0, 0.05) is 22.0 Å². The van der Waals surface area contributed by atoms with Gasteiger partial charge in [0.15, 0.2) is 5.75 Å². The quantitative estimate of drug-likeness (QED) is 0.265. The molecule has 3 aromatic carbocycles. The molecule has 0 unspecified atom stereocenters. The first-order valence-corrected chi connectivity index (χ1v) is 13.5. The summed E-state index contributed by atoms with van der Waals surface area (Å²) in [6.07, 6.45) is 0. The van der Waals surface area contributed by atoms with Crippen molar-refractivity contribution in [2.75, 3.05) is 0 Å². The van der Waals surface area contributed by atoms with Crippen molar-refractivity contribution in [1.82, 2.24) is 0 Å². The minimum absolute atomic E-state index is 0.984. The van der Waals surface area contributed by atoms with Crippen LogP contribution in [-0.4, -0.2) is 8.07 Å². The van der Waals surface area contributed by atoms with E-state index in [9.17, 15) is 0 Å². The van der Waals surface area contributed by atoms with E-state index in [1.54, 1.807) is 0 Å². The number of fused-ring (bicyclic) bond motifs is 3. The number of benzene rings is 3. The number of ether oxygens (including phenoxy) is 1. The van der Waals surface area contributed by atoms with Crippen LogP contribution in [0.15, 0.2) is 48.5 Å². The lowest BCUT2D eigenvalue weighted by Gasteiger charge is -2.28. The monoisotopic (exact) mass is 384 g/mol. The van der Waals surface area contributed by atoms with E-state index in [0.717, 1.165) is 11.5 Å². The van der Waals surface area contributed by atoms with Gasteiger partial charge < -0.3 is 4.74 Å². The maximum Gasteiger partial charge on any atom is 0.256 e. The second-order valence-corrected chi connectivity index (χ2v) is 14.0. The van der Waals surface area contributed by atoms with Crippen molar-refractivity contribution in [2.24, 2.45) is 7.05 Å². The molecule has 0 saturated carbocycles. The molecule has 0 saturated heterocycles. The van der Waals surface area contributed by atoms with Crippen molar-refractivity contribution in [3.05, 3.63) is 59.7 Å². The number of aromatic nitrogens is 1. The van der Waals surface area contributed by atoms with Gasteiger partial charge in [-0.3, -0.25) is 0 Å². The summed E-state index contributed by atoms with van der Waals surface area (Å²) in [5, 5.41) is 5.23. The first-order chi connectivity index (χ1) is 13.3. The van der Waals surface area contributed by atoms with Gasteiger partial charge >= 0.3 is 0 Å². The Morgan fingerprint density at radius 2 is 1.68 bits per heavy atom. The van der Waals surface area contributed by atoms with Crippen LogP contribution in [0.4, 0.5) is 0 Å². The lowest BCUT2D eigenvalue weighted by Crippen LogP contribution is -2.45. The highest BCUT2D eigenvalue weighted by Crippen LogP contribution is 2.47. The highest BCUT2D eigenvalue weighted by atomic mass is 28.3. The minimum Gasteiger partial charge on any atom is -0.450 e. The summed E-state index contributed by atoms with van der Waals surface area (Å²) in [4.78, 5) is 0. The molecule has 2 heterocycles. The highest BCUT2D eigenvalue weighted by molar-refractivity contribution is 6.91. The molecule has 1 aromatic heterocycles. The molecule has 28 heavy (non-hydrogen) atoms. The number of pyridine rings is 1. The fraction of sp³-hybridized carbons (Fsp3) is 0.240. The summed E-state index contributed by atoms with van der Waals surface area (Å²) in [7, 11) is 0.507. The third-order valence-electron chi connectivity index (χ3n) is 6.16. The summed E-state index contributed by atoms with van der Waals surface area (Å²) >= 11 is 0. The van der Waals surface area contributed by atoms with Crippen LogP contribution in [0.2, 0.25) is 19.6 Å². The second-order valence-electron chi connectivity index (χ2n) is 9.03. The lowest BCUT2D eigenvalue weighted by molar-refractivity contribution is -0.633. The number of hydrogen-bond acceptors (Lipinski definition) is 1. The summed E-state index contributed by atoms with van der Waals surface area (Å²) in [6, 6.07) is 17.5. The van der Waals surface area contributed by atoms with E-state index in [2.05, 4.69) is 93.6 Å². The maximum atomic E-state index is 6.70. The van der Waals surface area contributed by atoms with Crippen LogP contribution in [0.5, 0.6) is 11.5 Å². The molecule has 0 atom stereocenters. The standard InChI is InChI=1S/C25H26NOSi/c1-15-14-17-10-9-13-20-22(17)21(16(15)2)23-24(27-20)25(28(4,5)6)18-11-7-8-12-19(18)26(23)3/h7-14H,1-6H3/q+1. The van der Waals surface area contributed by atoms with Crippen molar-refractivity contribution in [3.8, 4) is 22.8 Å². The molecular formula is C25H26NOSi+. The van der Waals surface area contributed by atoms with Gasteiger partial charge in [0.25, 0.3) is 5.69 Å². The summed E-state index contributed by atoms with van der Waals surface area (Å²) in [5.74, 6) is 2.05. The number of para-hydroxylation sites is 1. The van der Waals surface area contributed by atoms with Crippen LogP contribution < -0.4 is 14.5 Å². The van der Waals surface area contributed by atoms with Crippen molar-refractivity contribution in [2.45, 2.75) is 33.5 Å². The molecule has 0 radical (unpaired) electrons. The van der Waals surface area contributed by atoms with Crippen molar-refractivity contribution >= 4 is 34.9 Å². The van der Waals surface area contributed by atoms with Crippen LogP contribution in [0.25, 0.3) is 32.9 Å². The van der Waals surface area contributed by atoms with E-state index < -0.39 is 8.07 Å². The van der Waals surface area contributed by atoms with Crippen molar-refractivity contribution < 1.29 is 9.30 Å². The molecule has 0 N–H and O–H groups in total.